The van der Waals surface area contributed by atoms with Gasteiger partial charge in [-0.05, 0) is 6.07 Å². The number of nitrogens with one attached hydrogen (secondary N) is 1. The second kappa shape index (κ2) is 5.16. The molecule has 0 unspecified atom stereocenters. The second-order valence-corrected chi connectivity index (χ2v) is 4.04. The maximum atomic E-state index is 8.81. The minimum absolute atomic E-state index is 0.0524. The first-order valence-electron chi connectivity index (χ1n) is 5.20. The van der Waals surface area contributed by atoms with E-state index in [9.17, 15) is 0 Å². The van der Waals surface area contributed by atoms with Crippen LogP contribution >= 0.6 is 11.6 Å². The number of rotatable bonds is 4. The van der Waals surface area contributed by atoms with Crippen LogP contribution in [0.15, 0.2) is 24.7 Å². The van der Waals surface area contributed by atoms with E-state index in [4.69, 9.17) is 16.7 Å². The van der Waals surface area contributed by atoms with Gasteiger partial charge in [0, 0.05) is 37.1 Å². The van der Waals surface area contributed by atoms with Gasteiger partial charge in [0.1, 0.15) is 5.82 Å². The molecular formula is C11H13ClN4O. The lowest BCUT2D eigenvalue weighted by Crippen LogP contribution is -2.07. The summed E-state index contributed by atoms with van der Waals surface area (Å²) in [5, 5.41) is 16.5. The monoisotopic (exact) mass is 252 g/mol. The maximum absolute atomic E-state index is 8.81. The molecule has 0 saturated heterocycles. The van der Waals surface area contributed by atoms with Crippen molar-refractivity contribution >= 4 is 17.4 Å². The summed E-state index contributed by atoms with van der Waals surface area (Å²) >= 11 is 5.94. The molecule has 90 valence electrons. The Bertz CT molecular complexity index is 512. The van der Waals surface area contributed by atoms with Crippen LogP contribution in [0.5, 0.6) is 0 Å². The van der Waals surface area contributed by atoms with Crippen LogP contribution in [0, 0.1) is 0 Å². The van der Waals surface area contributed by atoms with Crippen LogP contribution in [0.1, 0.15) is 0 Å². The predicted octanol–water partition coefficient (Wildman–Crippen LogP) is 1.54. The normalized spacial score (nSPS) is 10.5. The summed E-state index contributed by atoms with van der Waals surface area (Å²) in [5.74, 6) is 0.691. The SMILES string of the molecule is Cn1cc(-c2cc(Cl)cnc2NCCO)cn1. The van der Waals surface area contributed by atoms with Crippen LogP contribution in [0.25, 0.3) is 11.1 Å². The van der Waals surface area contributed by atoms with Gasteiger partial charge < -0.3 is 10.4 Å². The average molecular weight is 253 g/mol. The van der Waals surface area contributed by atoms with E-state index in [1.54, 1.807) is 17.1 Å². The van der Waals surface area contributed by atoms with Crippen LogP contribution in [0.2, 0.25) is 5.02 Å². The van der Waals surface area contributed by atoms with Crippen LogP contribution in [-0.2, 0) is 7.05 Å². The van der Waals surface area contributed by atoms with Crippen molar-refractivity contribution in [1.29, 1.82) is 0 Å². The van der Waals surface area contributed by atoms with Crippen molar-refractivity contribution in [2.75, 3.05) is 18.5 Å². The standard InChI is InChI=1S/C11H13ClN4O/c1-16-7-8(5-15-16)10-4-9(12)6-14-11(10)13-2-3-17/h4-7,17H,2-3H2,1H3,(H,13,14). The van der Waals surface area contributed by atoms with Crippen molar-refractivity contribution in [3.8, 4) is 11.1 Å². The number of nitrogens with zero attached hydrogens (tertiary/aromatic N) is 3. The molecule has 0 amide bonds. The van der Waals surface area contributed by atoms with Crippen molar-refractivity contribution in [2.24, 2.45) is 7.05 Å². The molecule has 2 rings (SSSR count). The molecule has 0 aliphatic rings. The summed E-state index contributed by atoms with van der Waals surface area (Å²) in [4.78, 5) is 4.21. The number of aryl methyl sites for hydroxylation is 1. The second-order valence-electron chi connectivity index (χ2n) is 3.60. The molecule has 17 heavy (non-hydrogen) atoms. The number of aliphatic hydroxyl groups is 1. The van der Waals surface area contributed by atoms with Crippen LogP contribution in [0.4, 0.5) is 5.82 Å². The molecule has 0 atom stereocenters. The summed E-state index contributed by atoms with van der Waals surface area (Å²) in [5.41, 5.74) is 1.81. The molecule has 0 saturated carbocycles. The Labute approximate surface area is 104 Å². The summed E-state index contributed by atoms with van der Waals surface area (Å²) in [6.45, 7) is 0.499. The highest BCUT2D eigenvalue weighted by atomic mass is 35.5. The van der Waals surface area contributed by atoms with E-state index in [-0.39, 0.29) is 6.61 Å². The largest absolute Gasteiger partial charge is 0.395 e. The molecular weight excluding hydrogens is 240 g/mol. The first kappa shape index (κ1) is 11.9. The van der Waals surface area contributed by atoms with Crippen molar-refractivity contribution in [2.45, 2.75) is 0 Å². The van der Waals surface area contributed by atoms with E-state index in [2.05, 4.69) is 15.4 Å². The van der Waals surface area contributed by atoms with Crippen molar-refractivity contribution in [3.05, 3.63) is 29.7 Å². The molecule has 0 aromatic carbocycles. The summed E-state index contributed by atoms with van der Waals surface area (Å²) < 4.78 is 1.71. The van der Waals surface area contributed by atoms with Crippen LogP contribution in [-0.4, -0.2) is 33.0 Å². The molecule has 6 heteroatoms. The van der Waals surface area contributed by atoms with Gasteiger partial charge in [-0.1, -0.05) is 11.6 Å². The highest BCUT2D eigenvalue weighted by molar-refractivity contribution is 6.30. The van der Waals surface area contributed by atoms with E-state index in [0.29, 0.717) is 17.4 Å². The zero-order valence-corrected chi connectivity index (χ0v) is 10.1. The van der Waals surface area contributed by atoms with E-state index >= 15 is 0 Å². The Morgan fingerprint density at radius 1 is 1.47 bits per heavy atom. The number of halogens is 1. The Balaban J connectivity index is 2.39. The fourth-order valence-corrected chi connectivity index (χ4v) is 1.69. The van der Waals surface area contributed by atoms with Gasteiger partial charge >= 0.3 is 0 Å². The van der Waals surface area contributed by atoms with E-state index < -0.39 is 0 Å². The lowest BCUT2D eigenvalue weighted by Gasteiger charge is -2.08. The first-order valence-corrected chi connectivity index (χ1v) is 5.58. The maximum Gasteiger partial charge on any atom is 0.134 e. The smallest absolute Gasteiger partial charge is 0.134 e. The van der Waals surface area contributed by atoms with Gasteiger partial charge in [0.05, 0.1) is 17.8 Å². The third-order valence-electron chi connectivity index (χ3n) is 2.27. The van der Waals surface area contributed by atoms with Crippen molar-refractivity contribution in [3.63, 3.8) is 0 Å². The molecule has 0 spiro atoms. The van der Waals surface area contributed by atoms with Gasteiger partial charge in [0.25, 0.3) is 0 Å². The quantitative estimate of drug-likeness (QED) is 0.867. The molecule has 2 aromatic rings. The Morgan fingerprint density at radius 3 is 2.94 bits per heavy atom. The molecule has 0 bridgehead atoms. The van der Waals surface area contributed by atoms with Gasteiger partial charge in [-0.15, -0.1) is 0 Å². The fourth-order valence-electron chi connectivity index (χ4n) is 1.53. The number of aliphatic hydroxyl groups excluding tert-OH is 1. The molecule has 0 radical (unpaired) electrons. The van der Waals surface area contributed by atoms with Gasteiger partial charge in [-0.3, -0.25) is 4.68 Å². The number of aromatic nitrogens is 3. The number of hydrogen-bond acceptors (Lipinski definition) is 4. The topological polar surface area (TPSA) is 63.0 Å². The summed E-state index contributed by atoms with van der Waals surface area (Å²) in [6, 6.07) is 1.82. The average Bonchev–Trinajstić information content (AvgIpc) is 2.74. The highest BCUT2D eigenvalue weighted by Gasteiger charge is 2.08. The van der Waals surface area contributed by atoms with Gasteiger partial charge in [-0.25, -0.2) is 4.98 Å². The Morgan fingerprint density at radius 2 is 2.29 bits per heavy atom. The van der Waals surface area contributed by atoms with E-state index in [1.165, 1.54) is 0 Å². The van der Waals surface area contributed by atoms with E-state index in [0.717, 1.165) is 11.1 Å². The molecule has 0 fully saturated rings. The zero-order valence-electron chi connectivity index (χ0n) is 9.39. The Kier molecular flexibility index (Phi) is 3.61. The molecule has 0 aliphatic heterocycles. The van der Waals surface area contributed by atoms with Crippen LogP contribution < -0.4 is 5.32 Å². The highest BCUT2D eigenvalue weighted by Crippen LogP contribution is 2.28. The van der Waals surface area contributed by atoms with Gasteiger partial charge in [0.15, 0.2) is 0 Å². The fraction of sp³-hybridized carbons (Fsp3) is 0.273. The molecule has 2 N–H and O–H groups in total. The third-order valence-corrected chi connectivity index (χ3v) is 2.48. The van der Waals surface area contributed by atoms with Crippen molar-refractivity contribution in [1.82, 2.24) is 14.8 Å². The predicted molar refractivity (Wildman–Crippen MR) is 67.0 cm³/mol. The Hall–Kier alpha value is -1.59. The molecule has 2 aromatic heterocycles. The number of hydrogen-bond donors (Lipinski definition) is 2. The summed E-state index contributed by atoms with van der Waals surface area (Å²) in [6.07, 6.45) is 5.20. The zero-order chi connectivity index (χ0) is 12.3. The lowest BCUT2D eigenvalue weighted by molar-refractivity contribution is 0.311. The first-order chi connectivity index (χ1) is 8.20. The van der Waals surface area contributed by atoms with Crippen molar-refractivity contribution < 1.29 is 5.11 Å². The molecule has 5 nitrogen and oxygen atoms in total. The van der Waals surface area contributed by atoms with Crippen LogP contribution in [0.3, 0.4) is 0 Å². The minimum atomic E-state index is 0.0524. The van der Waals surface area contributed by atoms with E-state index in [1.807, 2.05) is 19.3 Å². The molecule has 2 heterocycles. The minimum Gasteiger partial charge on any atom is -0.395 e. The number of anilines is 1. The lowest BCUT2D eigenvalue weighted by atomic mass is 10.1. The molecule has 0 aliphatic carbocycles. The van der Waals surface area contributed by atoms with Gasteiger partial charge in [0.2, 0.25) is 0 Å². The number of pyridine rings is 1. The third kappa shape index (κ3) is 2.75. The summed E-state index contributed by atoms with van der Waals surface area (Å²) in [7, 11) is 1.85. The van der Waals surface area contributed by atoms with Gasteiger partial charge in [-0.2, -0.15) is 5.10 Å².